The van der Waals surface area contributed by atoms with Gasteiger partial charge in [0.1, 0.15) is 6.04 Å². The van der Waals surface area contributed by atoms with E-state index < -0.39 is 5.97 Å². The van der Waals surface area contributed by atoms with Crippen molar-refractivity contribution in [2.75, 3.05) is 6.54 Å². The highest BCUT2D eigenvalue weighted by Gasteiger charge is 2.26. The third-order valence-corrected chi connectivity index (χ3v) is 3.45. The van der Waals surface area contributed by atoms with Gasteiger partial charge in [-0.15, -0.1) is 0 Å². The maximum Gasteiger partial charge on any atom is 0.132 e. The summed E-state index contributed by atoms with van der Waals surface area (Å²) in [6, 6.07) is 8.09. The molecule has 0 saturated heterocycles. The van der Waals surface area contributed by atoms with Gasteiger partial charge in [0.25, 0.3) is 0 Å². The first-order valence-electron chi connectivity index (χ1n) is 5.88. The van der Waals surface area contributed by atoms with E-state index in [1.165, 1.54) is 10.9 Å². The number of hydrogen-bond donors (Lipinski definition) is 2. The Labute approximate surface area is 98.6 Å². The molecule has 3 N–H and O–H groups in total. The maximum absolute atomic E-state index is 10.7. The van der Waals surface area contributed by atoms with E-state index in [4.69, 9.17) is 0 Å². The molecule has 0 aliphatic carbocycles. The lowest BCUT2D eigenvalue weighted by Gasteiger charge is -2.21. The Morgan fingerprint density at radius 3 is 3.12 bits per heavy atom. The van der Waals surface area contributed by atoms with Gasteiger partial charge in [-0.1, -0.05) is 18.2 Å². The van der Waals surface area contributed by atoms with Crippen LogP contribution in [0.15, 0.2) is 24.3 Å². The van der Waals surface area contributed by atoms with Gasteiger partial charge in [0.05, 0.1) is 12.2 Å². The number of fused-ring (bicyclic) bond motifs is 3. The van der Waals surface area contributed by atoms with Crippen LogP contribution < -0.4 is 10.4 Å². The van der Waals surface area contributed by atoms with Crippen molar-refractivity contribution in [1.29, 1.82) is 0 Å². The molecule has 0 bridgehead atoms. The number of nitrogens with two attached hydrogens (primary N) is 1. The normalized spacial score (nSPS) is 19.2. The summed E-state index contributed by atoms with van der Waals surface area (Å²) in [5.74, 6) is -0.988. The molecule has 4 nitrogen and oxygen atoms in total. The van der Waals surface area contributed by atoms with Gasteiger partial charge in [0, 0.05) is 29.7 Å². The summed E-state index contributed by atoms with van der Waals surface area (Å²) in [7, 11) is 0. The van der Waals surface area contributed by atoms with E-state index in [1.54, 1.807) is 0 Å². The van der Waals surface area contributed by atoms with Gasteiger partial charge < -0.3 is 20.2 Å². The Hall–Kier alpha value is -1.81. The number of aromatic nitrogens is 1. The molecule has 4 heteroatoms. The predicted molar refractivity (Wildman–Crippen MR) is 61.2 cm³/mol. The number of H-pyrrole nitrogens is 1. The summed E-state index contributed by atoms with van der Waals surface area (Å²) in [4.78, 5) is 14.1. The second-order valence-electron chi connectivity index (χ2n) is 4.52. The van der Waals surface area contributed by atoms with Crippen molar-refractivity contribution in [1.82, 2.24) is 4.98 Å². The highest BCUT2D eigenvalue weighted by Crippen LogP contribution is 2.28. The minimum absolute atomic E-state index is 0.0313. The van der Waals surface area contributed by atoms with Crippen LogP contribution in [0.5, 0.6) is 0 Å². The van der Waals surface area contributed by atoms with Crippen molar-refractivity contribution >= 4 is 16.9 Å². The molecule has 0 fully saturated rings. The van der Waals surface area contributed by atoms with E-state index in [1.807, 2.05) is 18.2 Å². The molecule has 1 atom stereocenters. The number of rotatable bonds is 2. The van der Waals surface area contributed by atoms with Crippen LogP contribution in [0.3, 0.4) is 0 Å². The molecule has 1 aliphatic heterocycles. The quantitative estimate of drug-likeness (QED) is 0.728. The molecule has 1 aliphatic rings. The number of carbonyl (C=O) groups is 1. The number of carboxylic acid groups (broad SMARTS) is 1. The Morgan fingerprint density at radius 2 is 2.29 bits per heavy atom. The number of benzene rings is 1. The lowest BCUT2D eigenvalue weighted by atomic mass is 9.97. The number of para-hydroxylation sites is 1. The number of hydrogen-bond acceptors (Lipinski definition) is 2. The van der Waals surface area contributed by atoms with Crippen LogP contribution >= 0.6 is 0 Å². The van der Waals surface area contributed by atoms with Crippen LogP contribution in [-0.4, -0.2) is 17.5 Å². The molecule has 0 radical (unpaired) electrons. The summed E-state index contributed by atoms with van der Waals surface area (Å²) in [6.07, 6.45) is 1.06. The molecule has 0 unspecified atom stereocenters. The number of carboxylic acids is 1. The van der Waals surface area contributed by atoms with E-state index in [0.717, 1.165) is 24.2 Å². The lowest BCUT2D eigenvalue weighted by Crippen LogP contribution is -2.87. The fraction of sp³-hybridized carbons (Fsp3) is 0.308. The Morgan fingerprint density at radius 1 is 1.47 bits per heavy atom. The number of nitrogens with one attached hydrogen (secondary N) is 1. The van der Waals surface area contributed by atoms with Crippen molar-refractivity contribution in [2.24, 2.45) is 0 Å². The Balaban J connectivity index is 2.10. The third-order valence-electron chi connectivity index (χ3n) is 3.45. The van der Waals surface area contributed by atoms with Crippen molar-refractivity contribution in [3.8, 4) is 0 Å². The molecular formula is C13H14N2O2. The average molecular weight is 230 g/mol. The zero-order valence-electron chi connectivity index (χ0n) is 9.40. The second-order valence-corrected chi connectivity index (χ2v) is 4.52. The molecule has 1 aromatic carbocycles. The topological polar surface area (TPSA) is 72.5 Å². The van der Waals surface area contributed by atoms with Gasteiger partial charge in [-0.2, -0.15) is 0 Å². The first-order chi connectivity index (χ1) is 8.25. The fourth-order valence-electron chi connectivity index (χ4n) is 2.72. The van der Waals surface area contributed by atoms with Gasteiger partial charge >= 0.3 is 0 Å². The number of quaternary nitrogens is 1. The minimum Gasteiger partial charge on any atom is -0.550 e. The van der Waals surface area contributed by atoms with Crippen LogP contribution in [0.4, 0.5) is 0 Å². The summed E-state index contributed by atoms with van der Waals surface area (Å²) in [6.45, 7) is 0.937. The Bertz CT molecular complexity index is 574. The first-order valence-corrected chi connectivity index (χ1v) is 5.88. The minimum atomic E-state index is -0.988. The summed E-state index contributed by atoms with van der Waals surface area (Å²) >= 11 is 0. The van der Waals surface area contributed by atoms with Crippen LogP contribution in [0.2, 0.25) is 0 Å². The maximum atomic E-state index is 10.7. The van der Waals surface area contributed by atoms with Crippen LogP contribution in [0, 0.1) is 0 Å². The summed E-state index contributed by atoms with van der Waals surface area (Å²) < 4.78 is 0. The molecule has 0 saturated carbocycles. The fourth-order valence-corrected chi connectivity index (χ4v) is 2.72. The van der Waals surface area contributed by atoms with Crippen molar-refractivity contribution in [3.63, 3.8) is 0 Å². The van der Waals surface area contributed by atoms with Gasteiger partial charge in [-0.25, -0.2) is 0 Å². The van der Waals surface area contributed by atoms with Crippen molar-refractivity contribution in [3.05, 3.63) is 35.5 Å². The van der Waals surface area contributed by atoms with Gasteiger partial charge in [-0.05, 0) is 11.6 Å². The largest absolute Gasteiger partial charge is 0.550 e. The average Bonchev–Trinajstić information content (AvgIpc) is 2.68. The Kier molecular flexibility index (Phi) is 2.37. The summed E-state index contributed by atoms with van der Waals surface area (Å²) in [5.41, 5.74) is 3.42. The SMILES string of the molecule is O=C([O-])C[C@@H]1[NH2+]CCc2c1[nH]c1ccccc21. The number of aliphatic carboxylic acids is 1. The van der Waals surface area contributed by atoms with E-state index in [2.05, 4.69) is 16.4 Å². The molecule has 2 heterocycles. The monoisotopic (exact) mass is 230 g/mol. The second kappa shape index (κ2) is 3.89. The molecule has 2 aromatic rings. The van der Waals surface area contributed by atoms with Gasteiger partial charge in [0.15, 0.2) is 0 Å². The first kappa shape index (κ1) is 10.4. The highest BCUT2D eigenvalue weighted by molar-refractivity contribution is 5.85. The van der Waals surface area contributed by atoms with Gasteiger partial charge in [-0.3, -0.25) is 0 Å². The zero-order chi connectivity index (χ0) is 11.8. The summed E-state index contributed by atoms with van der Waals surface area (Å²) in [5, 5.41) is 14.0. The lowest BCUT2D eigenvalue weighted by molar-refractivity contribution is -0.699. The molecule has 17 heavy (non-hydrogen) atoms. The molecular weight excluding hydrogens is 216 g/mol. The molecule has 1 aromatic heterocycles. The van der Waals surface area contributed by atoms with Crippen LogP contribution in [-0.2, 0) is 11.2 Å². The van der Waals surface area contributed by atoms with Crippen molar-refractivity contribution in [2.45, 2.75) is 18.9 Å². The van der Waals surface area contributed by atoms with Gasteiger partial charge in [0.2, 0.25) is 0 Å². The number of carbonyl (C=O) groups excluding carboxylic acids is 1. The zero-order valence-corrected chi connectivity index (χ0v) is 9.40. The van der Waals surface area contributed by atoms with Crippen molar-refractivity contribution < 1.29 is 15.2 Å². The number of aromatic amines is 1. The van der Waals surface area contributed by atoms with Crippen LogP contribution in [0.25, 0.3) is 10.9 Å². The smallest absolute Gasteiger partial charge is 0.132 e. The van der Waals surface area contributed by atoms with E-state index in [0.29, 0.717) is 0 Å². The van der Waals surface area contributed by atoms with E-state index in [9.17, 15) is 9.90 Å². The van der Waals surface area contributed by atoms with E-state index >= 15 is 0 Å². The molecule has 88 valence electrons. The molecule has 0 amide bonds. The molecule has 0 spiro atoms. The third kappa shape index (κ3) is 1.70. The highest BCUT2D eigenvalue weighted by atomic mass is 16.4. The van der Waals surface area contributed by atoms with E-state index in [-0.39, 0.29) is 12.5 Å². The molecule has 3 rings (SSSR count). The standard InChI is InChI=1S/C13H14N2O2/c16-12(17)7-11-13-9(5-6-14-11)8-3-1-2-4-10(8)15-13/h1-4,11,14-15H,5-7H2,(H,16,17)/t11-/m0/s1. The predicted octanol–water partition coefficient (Wildman–Crippen LogP) is -0.531. The van der Waals surface area contributed by atoms with Crippen LogP contribution in [0.1, 0.15) is 23.7 Å².